The van der Waals surface area contributed by atoms with Crippen molar-refractivity contribution < 1.29 is 4.92 Å². The molecule has 3 N–H and O–H groups in total. The van der Waals surface area contributed by atoms with Crippen LogP contribution in [0.2, 0.25) is 0 Å². The maximum atomic E-state index is 11.0. The van der Waals surface area contributed by atoms with Gasteiger partial charge in [-0.15, -0.1) is 0 Å². The first-order valence-electron chi connectivity index (χ1n) is 5.18. The number of rotatable bonds is 2. The summed E-state index contributed by atoms with van der Waals surface area (Å²) in [5.74, 6) is 0. The number of nitro benzene ring substituents is 1. The molecule has 0 amide bonds. The van der Waals surface area contributed by atoms with Crippen LogP contribution < -0.4 is 16.0 Å². The Kier molecular flexibility index (Phi) is 2.91. The molecule has 0 radical (unpaired) electrons. The first kappa shape index (κ1) is 10.7. The van der Waals surface area contributed by atoms with Crippen molar-refractivity contribution in [1.82, 2.24) is 5.32 Å². The smallest absolute Gasteiger partial charge is 0.315 e. The molecule has 0 aromatic heterocycles. The van der Waals surface area contributed by atoms with Crippen LogP contribution in [0.15, 0.2) is 18.2 Å². The zero-order valence-electron chi connectivity index (χ0n) is 8.85. The van der Waals surface area contributed by atoms with Crippen LogP contribution in [0, 0.1) is 10.1 Å². The van der Waals surface area contributed by atoms with E-state index < -0.39 is 4.92 Å². The Labute approximate surface area is 93.2 Å². The molecule has 86 valence electrons. The molecule has 0 unspecified atom stereocenters. The molecule has 1 aromatic carbocycles. The number of nitrogen functional groups attached to an aromatic ring is 1. The maximum absolute atomic E-state index is 11.0. The van der Waals surface area contributed by atoms with Gasteiger partial charge >= 0.3 is 5.69 Å². The molecular weight excluding hydrogens is 208 g/mol. The van der Waals surface area contributed by atoms with Gasteiger partial charge in [-0.2, -0.15) is 0 Å². The van der Waals surface area contributed by atoms with Gasteiger partial charge in [0.1, 0.15) is 11.4 Å². The van der Waals surface area contributed by atoms with Gasteiger partial charge in [-0.05, 0) is 12.1 Å². The molecule has 0 aliphatic carbocycles. The molecule has 0 atom stereocenters. The van der Waals surface area contributed by atoms with Gasteiger partial charge in [0.15, 0.2) is 0 Å². The third-order valence-corrected chi connectivity index (χ3v) is 2.69. The van der Waals surface area contributed by atoms with Crippen LogP contribution in [0.3, 0.4) is 0 Å². The quantitative estimate of drug-likeness (QED) is 0.434. The molecule has 2 rings (SSSR count). The summed E-state index contributed by atoms with van der Waals surface area (Å²) in [6, 6.07) is 5.06. The van der Waals surface area contributed by atoms with Gasteiger partial charge in [-0.1, -0.05) is 6.07 Å². The molecule has 6 nitrogen and oxygen atoms in total. The summed E-state index contributed by atoms with van der Waals surface area (Å²) >= 11 is 0. The fourth-order valence-corrected chi connectivity index (χ4v) is 1.91. The van der Waals surface area contributed by atoms with Gasteiger partial charge in [-0.25, -0.2) is 0 Å². The Hall–Kier alpha value is -1.82. The van der Waals surface area contributed by atoms with Gasteiger partial charge < -0.3 is 16.0 Å². The number of nitrogens with two attached hydrogens (primary N) is 1. The number of benzene rings is 1. The first-order valence-corrected chi connectivity index (χ1v) is 5.18. The van der Waals surface area contributed by atoms with Crippen molar-refractivity contribution in [2.75, 3.05) is 36.8 Å². The van der Waals surface area contributed by atoms with Crippen LogP contribution in [0.5, 0.6) is 0 Å². The molecule has 1 aliphatic rings. The van der Waals surface area contributed by atoms with Crippen molar-refractivity contribution in [3.8, 4) is 0 Å². The van der Waals surface area contributed by atoms with E-state index in [4.69, 9.17) is 5.73 Å². The monoisotopic (exact) mass is 222 g/mol. The van der Waals surface area contributed by atoms with Gasteiger partial charge in [0, 0.05) is 26.2 Å². The standard InChI is InChI=1S/C10H14N4O2/c11-8-2-1-3-9(10(8)14(15)16)13-6-4-12-5-7-13/h1-3,12H,4-7,11H2. The predicted molar refractivity (Wildman–Crippen MR) is 62.6 cm³/mol. The fraction of sp³-hybridized carbons (Fsp3) is 0.400. The van der Waals surface area contributed by atoms with Crippen LogP contribution in [0.25, 0.3) is 0 Å². The average Bonchev–Trinajstić information content (AvgIpc) is 2.29. The van der Waals surface area contributed by atoms with E-state index in [9.17, 15) is 10.1 Å². The Morgan fingerprint density at radius 2 is 2.06 bits per heavy atom. The zero-order chi connectivity index (χ0) is 11.5. The number of piperazine rings is 1. The van der Waals surface area contributed by atoms with E-state index in [1.807, 2.05) is 4.90 Å². The zero-order valence-corrected chi connectivity index (χ0v) is 8.85. The first-order chi connectivity index (χ1) is 7.70. The summed E-state index contributed by atoms with van der Waals surface area (Å²) in [5, 5.41) is 14.2. The van der Waals surface area contributed by atoms with Crippen LogP contribution in [0.1, 0.15) is 0 Å². The van der Waals surface area contributed by atoms with Crippen molar-refractivity contribution in [3.05, 3.63) is 28.3 Å². The van der Waals surface area contributed by atoms with Gasteiger partial charge in [0.25, 0.3) is 0 Å². The van der Waals surface area contributed by atoms with Crippen molar-refractivity contribution >= 4 is 17.1 Å². The van der Waals surface area contributed by atoms with Crippen LogP contribution in [0.4, 0.5) is 17.1 Å². The van der Waals surface area contributed by atoms with E-state index in [2.05, 4.69) is 5.32 Å². The predicted octanol–water partition coefficient (Wildman–Crippen LogP) is 0.587. The van der Waals surface area contributed by atoms with Crippen molar-refractivity contribution in [2.24, 2.45) is 0 Å². The summed E-state index contributed by atoms with van der Waals surface area (Å²) in [7, 11) is 0. The Morgan fingerprint density at radius 3 is 2.69 bits per heavy atom. The van der Waals surface area contributed by atoms with Gasteiger partial charge in [0.2, 0.25) is 0 Å². The second kappa shape index (κ2) is 4.36. The number of anilines is 2. The Morgan fingerprint density at radius 1 is 1.38 bits per heavy atom. The number of nitro groups is 1. The third kappa shape index (κ3) is 1.92. The van der Waals surface area contributed by atoms with E-state index >= 15 is 0 Å². The van der Waals surface area contributed by atoms with Crippen LogP contribution in [-0.4, -0.2) is 31.1 Å². The molecule has 0 spiro atoms. The summed E-state index contributed by atoms with van der Waals surface area (Å²) in [6.45, 7) is 3.21. The fourth-order valence-electron chi connectivity index (χ4n) is 1.91. The van der Waals surface area contributed by atoms with Crippen molar-refractivity contribution in [2.45, 2.75) is 0 Å². The molecule has 1 aliphatic heterocycles. The second-order valence-electron chi connectivity index (χ2n) is 3.71. The van der Waals surface area contributed by atoms with Crippen molar-refractivity contribution in [1.29, 1.82) is 0 Å². The highest BCUT2D eigenvalue weighted by atomic mass is 16.6. The van der Waals surface area contributed by atoms with Gasteiger partial charge in [-0.3, -0.25) is 10.1 Å². The average molecular weight is 222 g/mol. The second-order valence-corrected chi connectivity index (χ2v) is 3.71. The number of para-hydroxylation sites is 1. The molecule has 0 bridgehead atoms. The minimum atomic E-state index is -0.410. The summed E-state index contributed by atoms with van der Waals surface area (Å²) in [4.78, 5) is 12.5. The van der Waals surface area contributed by atoms with E-state index in [1.54, 1.807) is 18.2 Å². The molecular formula is C10H14N4O2. The minimum Gasteiger partial charge on any atom is -0.393 e. The lowest BCUT2D eigenvalue weighted by Gasteiger charge is -2.29. The number of nitrogens with one attached hydrogen (secondary N) is 1. The molecule has 1 fully saturated rings. The largest absolute Gasteiger partial charge is 0.393 e. The van der Waals surface area contributed by atoms with Gasteiger partial charge in [0.05, 0.1) is 4.92 Å². The Bertz CT molecular complexity index is 402. The molecule has 1 aromatic rings. The molecule has 0 saturated carbocycles. The van der Waals surface area contributed by atoms with E-state index in [-0.39, 0.29) is 11.4 Å². The molecule has 1 heterocycles. The summed E-state index contributed by atoms with van der Waals surface area (Å²) < 4.78 is 0. The normalized spacial score (nSPS) is 16.1. The van der Waals surface area contributed by atoms with E-state index in [0.717, 1.165) is 26.2 Å². The lowest BCUT2D eigenvalue weighted by molar-refractivity contribution is -0.383. The molecule has 6 heteroatoms. The summed E-state index contributed by atoms with van der Waals surface area (Å²) in [5.41, 5.74) is 6.50. The minimum absolute atomic E-state index is 0.0180. The Balaban J connectivity index is 2.38. The SMILES string of the molecule is Nc1cccc(N2CCNCC2)c1[N+](=O)[O-]. The number of hydrogen-bond donors (Lipinski definition) is 2. The lowest BCUT2D eigenvalue weighted by atomic mass is 10.2. The van der Waals surface area contributed by atoms with Crippen LogP contribution in [-0.2, 0) is 0 Å². The van der Waals surface area contributed by atoms with Crippen molar-refractivity contribution in [3.63, 3.8) is 0 Å². The molecule has 1 saturated heterocycles. The van der Waals surface area contributed by atoms with Crippen LogP contribution >= 0.6 is 0 Å². The van der Waals surface area contributed by atoms with E-state index in [0.29, 0.717) is 5.69 Å². The number of hydrogen-bond acceptors (Lipinski definition) is 5. The maximum Gasteiger partial charge on any atom is 0.315 e. The van der Waals surface area contributed by atoms with E-state index in [1.165, 1.54) is 0 Å². The topological polar surface area (TPSA) is 84.4 Å². The molecule has 16 heavy (non-hydrogen) atoms. The summed E-state index contributed by atoms with van der Waals surface area (Å²) in [6.07, 6.45) is 0. The highest BCUT2D eigenvalue weighted by Crippen LogP contribution is 2.33. The highest BCUT2D eigenvalue weighted by Gasteiger charge is 2.23. The number of nitrogens with zero attached hydrogens (tertiary/aromatic N) is 2. The lowest BCUT2D eigenvalue weighted by Crippen LogP contribution is -2.43. The highest BCUT2D eigenvalue weighted by molar-refractivity contribution is 5.75. The third-order valence-electron chi connectivity index (χ3n) is 2.69.